The van der Waals surface area contributed by atoms with Crippen molar-refractivity contribution in [2.75, 3.05) is 16.4 Å². The Labute approximate surface area is 179 Å². The number of nitrogens with one attached hydrogen (secondary N) is 2. The minimum Gasteiger partial charge on any atom is -0.338 e. The van der Waals surface area contributed by atoms with Crippen LogP contribution in [0.4, 0.5) is 17.2 Å². The lowest BCUT2D eigenvalue weighted by molar-refractivity contribution is -0.113. The molecule has 0 bridgehead atoms. The Kier molecular flexibility index (Phi) is 5.47. The van der Waals surface area contributed by atoms with Crippen molar-refractivity contribution in [3.63, 3.8) is 0 Å². The van der Waals surface area contributed by atoms with Gasteiger partial charge >= 0.3 is 0 Å². The molecule has 0 unspecified atom stereocenters. The summed E-state index contributed by atoms with van der Waals surface area (Å²) in [6, 6.07) is 19.2. The number of hydrogen-bond acceptors (Lipinski definition) is 4. The quantitative estimate of drug-likeness (QED) is 0.368. The minimum absolute atomic E-state index is 0.138. The number of hydrogen-bond donors (Lipinski definition) is 3. The fourth-order valence-corrected chi connectivity index (χ4v) is 3.49. The second kappa shape index (κ2) is 8.19. The van der Waals surface area contributed by atoms with E-state index in [0.717, 1.165) is 34.0 Å². The number of amides is 1. The Morgan fingerprint density at radius 3 is 2.62 bits per heavy atom. The van der Waals surface area contributed by atoms with Crippen molar-refractivity contribution in [1.29, 1.82) is 0 Å². The van der Waals surface area contributed by atoms with Crippen molar-refractivity contribution in [2.45, 2.75) is 6.92 Å². The zero-order valence-corrected chi connectivity index (χ0v) is 17.3. The van der Waals surface area contributed by atoms with Gasteiger partial charge in [-0.15, -0.1) is 0 Å². The predicted octanol–water partition coefficient (Wildman–Crippen LogP) is 5.58. The highest BCUT2D eigenvalue weighted by atomic mass is 35.5. The Balaban J connectivity index is 1.79. The number of carbonyl (C=O) groups is 1. The van der Waals surface area contributed by atoms with Crippen LogP contribution in [0.3, 0.4) is 0 Å². The number of imidazole rings is 1. The molecule has 0 saturated carbocycles. The van der Waals surface area contributed by atoms with Crippen LogP contribution in [0, 0.1) is 6.92 Å². The third-order valence-corrected chi connectivity index (χ3v) is 5.18. The number of halogens is 1. The molecule has 5 nitrogen and oxygen atoms in total. The molecule has 4 aromatic rings. The average molecular weight is 423 g/mol. The maximum atomic E-state index is 11.5. The van der Waals surface area contributed by atoms with E-state index in [2.05, 4.69) is 23.3 Å². The highest BCUT2D eigenvalue weighted by molar-refractivity contribution is 7.81. The first kappa shape index (κ1) is 19.4. The van der Waals surface area contributed by atoms with Gasteiger partial charge in [0.25, 0.3) is 0 Å². The molecule has 4 rings (SSSR count). The van der Waals surface area contributed by atoms with Crippen LogP contribution in [-0.4, -0.2) is 21.0 Å². The summed E-state index contributed by atoms with van der Waals surface area (Å²) in [7, 11) is 0. The van der Waals surface area contributed by atoms with Gasteiger partial charge in [0.05, 0.1) is 16.5 Å². The Morgan fingerprint density at radius 1 is 1.10 bits per heavy atom. The number of thiol groups is 1. The molecule has 2 heterocycles. The fourth-order valence-electron chi connectivity index (χ4n) is 3.14. The van der Waals surface area contributed by atoms with Gasteiger partial charge in [-0.05, 0) is 42.8 Å². The molecule has 2 aromatic carbocycles. The van der Waals surface area contributed by atoms with Crippen LogP contribution in [0.15, 0.2) is 66.9 Å². The Hall–Kier alpha value is -2.96. The van der Waals surface area contributed by atoms with Gasteiger partial charge in [0.1, 0.15) is 17.2 Å². The first-order chi connectivity index (χ1) is 14.1. The number of nitrogens with zero attached hydrogens (tertiary/aromatic N) is 2. The number of carbonyl (C=O) groups excluding carboxylic acids is 1. The van der Waals surface area contributed by atoms with E-state index in [9.17, 15) is 4.79 Å². The number of para-hydroxylation sites is 1. The van der Waals surface area contributed by atoms with Crippen LogP contribution in [0.25, 0.3) is 16.9 Å². The third kappa shape index (κ3) is 3.95. The summed E-state index contributed by atoms with van der Waals surface area (Å²) in [5.74, 6) is 0.814. The van der Waals surface area contributed by atoms with Crippen molar-refractivity contribution in [1.82, 2.24) is 9.38 Å². The SMILES string of the molecule is Cc1cccc(Cl)c1Nc1c(-c2ccc(NC(=O)CS)cc2)nc2ccccn12. The van der Waals surface area contributed by atoms with E-state index in [0.29, 0.717) is 10.7 Å². The van der Waals surface area contributed by atoms with Crippen LogP contribution in [0.1, 0.15) is 5.56 Å². The number of aromatic nitrogens is 2. The molecular weight excluding hydrogens is 404 g/mol. The zero-order valence-electron chi connectivity index (χ0n) is 15.7. The first-order valence-corrected chi connectivity index (χ1v) is 10.1. The fraction of sp³-hybridized carbons (Fsp3) is 0.0909. The molecule has 0 saturated heterocycles. The van der Waals surface area contributed by atoms with E-state index in [1.54, 1.807) is 0 Å². The molecule has 2 N–H and O–H groups in total. The topological polar surface area (TPSA) is 58.4 Å². The van der Waals surface area contributed by atoms with E-state index >= 15 is 0 Å². The van der Waals surface area contributed by atoms with Crippen LogP contribution in [0.2, 0.25) is 5.02 Å². The number of fused-ring (bicyclic) bond motifs is 1. The molecule has 29 heavy (non-hydrogen) atoms. The highest BCUT2D eigenvalue weighted by Crippen LogP contribution is 2.35. The van der Waals surface area contributed by atoms with E-state index in [-0.39, 0.29) is 11.7 Å². The highest BCUT2D eigenvalue weighted by Gasteiger charge is 2.16. The predicted molar refractivity (Wildman–Crippen MR) is 123 cm³/mol. The summed E-state index contributed by atoms with van der Waals surface area (Å²) in [5.41, 5.74) is 5.14. The molecule has 0 fully saturated rings. The second-order valence-electron chi connectivity index (χ2n) is 6.58. The number of aryl methyl sites for hydroxylation is 1. The van der Waals surface area contributed by atoms with Gasteiger partial charge in [-0.1, -0.05) is 41.9 Å². The summed E-state index contributed by atoms with van der Waals surface area (Å²) >= 11 is 10.4. The molecule has 0 atom stereocenters. The normalized spacial score (nSPS) is 10.9. The minimum atomic E-state index is -0.148. The van der Waals surface area contributed by atoms with Crippen LogP contribution in [0.5, 0.6) is 0 Å². The molecule has 0 aliphatic heterocycles. The maximum Gasteiger partial charge on any atom is 0.234 e. The molecule has 7 heteroatoms. The Morgan fingerprint density at radius 2 is 1.90 bits per heavy atom. The molecule has 0 spiro atoms. The zero-order chi connectivity index (χ0) is 20.4. The third-order valence-electron chi connectivity index (χ3n) is 4.58. The molecule has 2 aromatic heterocycles. The van der Waals surface area contributed by atoms with Crippen molar-refractivity contribution in [3.8, 4) is 11.3 Å². The van der Waals surface area contributed by atoms with Crippen LogP contribution < -0.4 is 10.6 Å². The van der Waals surface area contributed by atoms with E-state index in [1.165, 1.54) is 0 Å². The number of benzene rings is 2. The van der Waals surface area contributed by atoms with Gasteiger partial charge in [0, 0.05) is 17.4 Å². The molecule has 0 aliphatic rings. The first-order valence-electron chi connectivity index (χ1n) is 9.07. The van der Waals surface area contributed by atoms with Crippen molar-refractivity contribution >= 4 is 53.0 Å². The summed E-state index contributed by atoms with van der Waals surface area (Å²) < 4.78 is 1.99. The molecular formula is C22H19ClN4OS. The smallest absolute Gasteiger partial charge is 0.234 e. The number of rotatable bonds is 5. The molecule has 146 valence electrons. The van der Waals surface area contributed by atoms with E-state index < -0.39 is 0 Å². The van der Waals surface area contributed by atoms with Gasteiger partial charge in [-0.3, -0.25) is 9.20 Å². The molecule has 0 radical (unpaired) electrons. The summed E-state index contributed by atoms with van der Waals surface area (Å²) in [4.78, 5) is 16.4. The second-order valence-corrected chi connectivity index (χ2v) is 7.30. The van der Waals surface area contributed by atoms with Crippen LogP contribution in [-0.2, 0) is 4.79 Å². The van der Waals surface area contributed by atoms with Gasteiger partial charge in [-0.2, -0.15) is 12.6 Å². The average Bonchev–Trinajstić information content (AvgIpc) is 3.10. The van der Waals surface area contributed by atoms with Crippen molar-refractivity contribution in [2.24, 2.45) is 0 Å². The van der Waals surface area contributed by atoms with Crippen molar-refractivity contribution < 1.29 is 4.79 Å². The summed E-state index contributed by atoms with van der Waals surface area (Å²) in [6.45, 7) is 2.01. The standard InChI is InChI=1S/C22H19ClN4OS/c1-14-5-4-6-17(23)20(14)26-22-21(25-18-7-2-3-12-27(18)22)15-8-10-16(11-9-15)24-19(28)13-29/h2-12,26,29H,13H2,1H3,(H,24,28). The molecule has 1 amide bonds. The van der Waals surface area contributed by atoms with Gasteiger partial charge < -0.3 is 10.6 Å². The largest absolute Gasteiger partial charge is 0.338 e. The Bertz CT molecular complexity index is 1170. The van der Waals surface area contributed by atoms with Crippen molar-refractivity contribution in [3.05, 3.63) is 77.4 Å². The van der Waals surface area contributed by atoms with Gasteiger partial charge in [0.15, 0.2) is 0 Å². The molecule has 0 aliphatic carbocycles. The van der Waals surface area contributed by atoms with Crippen LogP contribution >= 0.6 is 24.2 Å². The summed E-state index contributed by atoms with van der Waals surface area (Å²) in [5, 5.41) is 6.91. The monoisotopic (exact) mass is 422 g/mol. The van der Waals surface area contributed by atoms with E-state index in [4.69, 9.17) is 16.6 Å². The van der Waals surface area contributed by atoms with Gasteiger partial charge in [0.2, 0.25) is 5.91 Å². The number of anilines is 3. The number of pyridine rings is 1. The van der Waals surface area contributed by atoms with E-state index in [1.807, 2.05) is 78.2 Å². The summed E-state index contributed by atoms with van der Waals surface area (Å²) in [6.07, 6.45) is 1.96. The lowest BCUT2D eigenvalue weighted by atomic mass is 10.1. The maximum absolute atomic E-state index is 11.5. The lowest BCUT2D eigenvalue weighted by Crippen LogP contribution is -2.12. The lowest BCUT2D eigenvalue weighted by Gasteiger charge is -2.13. The van der Waals surface area contributed by atoms with Gasteiger partial charge in [-0.25, -0.2) is 4.98 Å².